The molecule has 2 aromatic heterocycles. The second-order valence-corrected chi connectivity index (χ2v) is 8.75. The molecule has 1 amide bonds. The number of hydrogen-bond acceptors (Lipinski definition) is 5. The molecular weight excluding hydrogens is 356 g/mol. The lowest BCUT2D eigenvalue weighted by atomic mass is 9.96. The Morgan fingerprint density at radius 1 is 1.27 bits per heavy atom. The third-order valence-electron chi connectivity index (χ3n) is 4.95. The van der Waals surface area contributed by atoms with Gasteiger partial charge in [-0.3, -0.25) is 9.48 Å². The van der Waals surface area contributed by atoms with Crippen LogP contribution in [0.5, 0.6) is 0 Å². The van der Waals surface area contributed by atoms with E-state index in [4.69, 9.17) is 0 Å². The zero-order valence-corrected chi connectivity index (χ0v) is 15.4. The molecule has 1 N–H and O–H groups in total. The Kier molecular flexibility index (Phi) is 4.31. The minimum Gasteiger partial charge on any atom is -0.351 e. The fraction of sp³-hybridized carbons (Fsp3) is 0.562. The summed E-state index contributed by atoms with van der Waals surface area (Å²) in [6.07, 6.45) is 5.45. The average Bonchev–Trinajstić information content (AvgIpc) is 3.22. The van der Waals surface area contributed by atoms with Gasteiger partial charge in [0.1, 0.15) is 5.69 Å². The van der Waals surface area contributed by atoms with E-state index >= 15 is 0 Å². The SMILES string of the molecule is Cn1cnc(S(=O)(=O)N2CCCC(c3cc4n(n3)CCCNC4=O)C2)c1. The van der Waals surface area contributed by atoms with Crippen molar-refractivity contribution in [1.29, 1.82) is 0 Å². The van der Waals surface area contributed by atoms with Crippen LogP contribution in [0.3, 0.4) is 0 Å². The minimum absolute atomic E-state index is 0.0190. The number of amides is 1. The van der Waals surface area contributed by atoms with E-state index in [-0.39, 0.29) is 16.9 Å². The number of sulfonamides is 1. The topological polar surface area (TPSA) is 102 Å². The monoisotopic (exact) mass is 378 g/mol. The van der Waals surface area contributed by atoms with Crippen LogP contribution in [-0.2, 0) is 23.6 Å². The second-order valence-electron chi connectivity index (χ2n) is 6.87. The van der Waals surface area contributed by atoms with Gasteiger partial charge in [-0.15, -0.1) is 0 Å². The Bertz CT molecular complexity index is 932. The van der Waals surface area contributed by atoms with E-state index in [0.717, 1.165) is 25.0 Å². The number of carbonyl (C=O) groups excluding carboxylic acids is 1. The van der Waals surface area contributed by atoms with Crippen LogP contribution < -0.4 is 5.32 Å². The van der Waals surface area contributed by atoms with Crippen LogP contribution in [0.1, 0.15) is 41.4 Å². The normalized spacial score (nSPS) is 21.9. The largest absolute Gasteiger partial charge is 0.351 e. The number of hydrogen-bond donors (Lipinski definition) is 1. The van der Waals surface area contributed by atoms with Gasteiger partial charge >= 0.3 is 0 Å². The molecule has 0 spiro atoms. The number of imidazole rings is 1. The van der Waals surface area contributed by atoms with E-state index in [9.17, 15) is 13.2 Å². The van der Waals surface area contributed by atoms with E-state index in [1.165, 1.54) is 16.8 Å². The number of piperidine rings is 1. The summed E-state index contributed by atoms with van der Waals surface area (Å²) in [5.74, 6) is -0.135. The van der Waals surface area contributed by atoms with Crippen LogP contribution in [0.15, 0.2) is 23.6 Å². The van der Waals surface area contributed by atoms with Crippen molar-refractivity contribution in [1.82, 2.24) is 29.0 Å². The molecule has 140 valence electrons. The molecule has 1 atom stereocenters. The molecule has 1 saturated heterocycles. The molecule has 2 aliphatic rings. The predicted molar refractivity (Wildman–Crippen MR) is 93.1 cm³/mol. The number of carbonyl (C=O) groups is 1. The average molecular weight is 378 g/mol. The van der Waals surface area contributed by atoms with Gasteiger partial charge in [-0.1, -0.05) is 0 Å². The van der Waals surface area contributed by atoms with Crippen molar-refractivity contribution in [3.05, 3.63) is 30.0 Å². The third kappa shape index (κ3) is 3.03. The van der Waals surface area contributed by atoms with E-state index in [1.54, 1.807) is 16.3 Å². The van der Waals surface area contributed by atoms with Gasteiger partial charge in [0.05, 0.1) is 12.0 Å². The summed E-state index contributed by atoms with van der Waals surface area (Å²) in [4.78, 5) is 16.1. The summed E-state index contributed by atoms with van der Waals surface area (Å²) < 4.78 is 30.5. The molecular formula is C16H22N6O3S. The highest BCUT2D eigenvalue weighted by Gasteiger charge is 2.34. The number of aryl methyl sites for hydroxylation is 2. The van der Waals surface area contributed by atoms with Gasteiger partial charge in [0.25, 0.3) is 15.9 Å². The van der Waals surface area contributed by atoms with Crippen molar-refractivity contribution in [3.8, 4) is 0 Å². The molecule has 9 nitrogen and oxygen atoms in total. The van der Waals surface area contributed by atoms with E-state index in [1.807, 2.05) is 6.07 Å². The summed E-state index contributed by atoms with van der Waals surface area (Å²) in [7, 11) is -1.87. The van der Waals surface area contributed by atoms with Crippen molar-refractivity contribution >= 4 is 15.9 Å². The van der Waals surface area contributed by atoms with Gasteiger partial charge in [-0.05, 0) is 25.3 Å². The van der Waals surface area contributed by atoms with Crippen molar-refractivity contribution in [2.24, 2.45) is 7.05 Å². The fourth-order valence-electron chi connectivity index (χ4n) is 3.57. The maximum atomic E-state index is 12.8. The van der Waals surface area contributed by atoms with Crippen molar-refractivity contribution in [3.63, 3.8) is 0 Å². The summed E-state index contributed by atoms with van der Waals surface area (Å²) >= 11 is 0. The zero-order chi connectivity index (χ0) is 18.3. The Hall–Kier alpha value is -2.20. The molecule has 0 aliphatic carbocycles. The Morgan fingerprint density at radius 3 is 2.88 bits per heavy atom. The lowest BCUT2D eigenvalue weighted by Crippen LogP contribution is -2.39. The van der Waals surface area contributed by atoms with Gasteiger partial charge < -0.3 is 9.88 Å². The quantitative estimate of drug-likeness (QED) is 0.829. The molecule has 1 unspecified atom stereocenters. The number of rotatable bonds is 3. The highest BCUT2D eigenvalue weighted by Crippen LogP contribution is 2.30. The molecule has 0 radical (unpaired) electrons. The van der Waals surface area contributed by atoms with Gasteiger partial charge in [-0.2, -0.15) is 9.40 Å². The van der Waals surface area contributed by atoms with Crippen LogP contribution >= 0.6 is 0 Å². The number of nitrogens with one attached hydrogen (secondary N) is 1. The standard InChI is InChI=1S/C16H22N6O3S/c1-20-10-15(18-11-20)26(24,25)21-6-2-4-12(9-21)13-8-14-16(23)17-5-3-7-22(14)19-13/h8,10-12H,2-7,9H2,1H3,(H,17,23). The Balaban J connectivity index is 1.58. The summed E-state index contributed by atoms with van der Waals surface area (Å²) in [6.45, 7) is 2.17. The van der Waals surface area contributed by atoms with Gasteiger partial charge in [-0.25, -0.2) is 13.4 Å². The van der Waals surface area contributed by atoms with Crippen LogP contribution in [0.25, 0.3) is 0 Å². The minimum atomic E-state index is -3.61. The number of aromatic nitrogens is 4. The predicted octanol–water partition coefficient (Wildman–Crippen LogP) is 0.318. The Labute approximate surface area is 152 Å². The lowest BCUT2D eigenvalue weighted by molar-refractivity contribution is 0.0950. The molecule has 0 bridgehead atoms. The fourth-order valence-corrected chi connectivity index (χ4v) is 5.06. The maximum Gasteiger partial charge on any atom is 0.269 e. The van der Waals surface area contributed by atoms with Gasteiger partial charge in [0.2, 0.25) is 0 Å². The van der Waals surface area contributed by atoms with Crippen LogP contribution in [-0.4, -0.2) is 57.6 Å². The first-order valence-corrected chi connectivity index (χ1v) is 10.2. The Morgan fingerprint density at radius 2 is 2.12 bits per heavy atom. The molecule has 1 fully saturated rings. The highest BCUT2D eigenvalue weighted by molar-refractivity contribution is 7.89. The molecule has 4 heterocycles. The van der Waals surface area contributed by atoms with Crippen LogP contribution in [0, 0.1) is 0 Å². The molecule has 0 aromatic carbocycles. The maximum absolute atomic E-state index is 12.8. The molecule has 2 aromatic rings. The van der Waals surface area contributed by atoms with E-state index in [2.05, 4.69) is 15.4 Å². The molecule has 4 rings (SSSR count). The number of nitrogens with zero attached hydrogens (tertiary/aromatic N) is 5. The van der Waals surface area contributed by atoms with Gasteiger partial charge in [0, 0.05) is 45.3 Å². The smallest absolute Gasteiger partial charge is 0.269 e. The summed E-state index contributed by atoms with van der Waals surface area (Å²) in [5.41, 5.74) is 1.35. The number of fused-ring (bicyclic) bond motifs is 1. The van der Waals surface area contributed by atoms with Crippen molar-refractivity contribution in [2.45, 2.75) is 36.8 Å². The first-order chi connectivity index (χ1) is 12.4. The lowest BCUT2D eigenvalue weighted by Gasteiger charge is -2.30. The summed E-state index contributed by atoms with van der Waals surface area (Å²) in [5, 5.41) is 7.52. The van der Waals surface area contributed by atoms with E-state index < -0.39 is 10.0 Å². The molecule has 0 saturated carbocycles. The molecule has 2 aliphatic heterocycles. The van der Waals surface area contributed by atoms with Crippen molar-refractivity contribution in [2.75, 3.05) is 19.6 Å². The first kappa shape index (κ1) is 17.2. The zero-order valence-electron chi connectivity index (χ0n) is 14.6. The van der Waals surface area contributed by atoms with Crippen molar-refractivity contribution < 1.29 is 13.2 Å². The molecule has 10 heteroatoms. The molecule has 26 heavy (non-hydrogen) atoms. The summed E-state index contributed by atoms with van der Waals surface area (Å²) in [6, 6.07) is 1.81. The van der Waals surface area contributed by atoms with Gasteiger partial charge in [0.15, 0.2) is 5.03 Å². The second kappa shape index (κ2) is 6.51. The third-order valence-corrected chi connectivity index (χ3v) is 6.70. The first-order valence-electron chi connectivity index (χ1n) is 8.79. The van der Waals surface area contributed by atoms with Crippen LogP contribution in [0.4, 0.5) is 0 Å². The van der Waals surface area contributed by atoms with E-state index in [0.29, 0.717) is 31.9 Å². The highest BCUT2D eigenvalue weighted by atomic mass is 32.2. The van der Waals surface area contributed by atoms with Crippen LogP contribution in [0.2, 0.25) is 0 Å².